The van der Waals surface area contributed by atoms with Gasteiger partial charge in [0, 0.05) is 12.5 Å². The normalized spacial score (nSPS) is 27.6. The summed E-state index contributed by atoms with van der Waals surface area (Å²) in [5.41, 5.74) is 0.962. The zero-order chi connectivity index (χ0) is 14.0. The van der Waals surface area contributed by atoms with Gasteiger partial charge in [0.1, 0.15) is 5.60 Å². The van der Waals surface area contributed by atoms with Crippen molar-refractivity contribution in [2.75, 3.05) is 13.1 Å². The smallest absolute Gasteiger partial charge is 0.410 e. The van der Waals surface area contributed by atoms with Crippen LogP contribution in [0.1, 0.15) is 46.5 Å². The van der Waals surface area contributed by atoms with E-state index in [1.807, 2.05) is 20.8 Å². The molecule has 1 fully saturated rings. The number of β-amino-alcohol motifs (C(OH)–C–C–N with tert-alkyl or cyclic N) is 1. The van der Waals surface area contributed by atoms with Crippen molar-refractivity contribution in [1.82, 2.24) is 4.90 Å². The van der Waals surface area contributed by atoms with Gasteiger partial charge >= 0.3 is 6.09 Å². The maximum absolute atomic E-state index is 12.0. The summed E-state index contributed by atoms with van der Waals surface area (Å²) in [4.78, 5) is 13.6. The number of ether oxygens (including phenoxy) is 1. The molecule has 0 unspecified atom stereocenters. The zero-order valence-corrected chi connectivity index (χ0v) is 12.2. The number of hydrogen-bond donors (Lipinski definition) is 1. The van der Waals surface area contributed by atoms with Crippen molar-refractivity contribution in [1.29, 1.82) is 0 Å². The topological polar surface area (TPSA) is 49.8 Å². The molecule has 0 spiro atoms. The molecule has 2 atom stereocenters. The Hall–Kier alpha value is -1.03. The minimum atomic E-state index is -0.478. The van der Waals surface area contributed by atoms with Gasteiger partial charge in [0.15, 0.2) is 0 Å². The minimum Gasteiger partial charge on any atom is -0.444 e. The molecule has 1 aliphatic heterocycles. The number of nitrogens with zero attached hydrogens (tertiary/aromatic N) is 1. The molecule has 4 nitrogen and oxygen atoms in total. The van der Waals surface area contributed by atoms with E-state index in [1.165, 1.54) is 12.0 Å². The summed E-state index contributed by atoms with van der Waals surface area (Å²) in [6, 6.07) is 0. The first-order chi connectivity index (χ1) is 8.85. The molecular formula is C15H25NO3. The molecule has 108 valence electrons. The van der Waals surface area contributed by atoms with Crippen LogP contribution in [0, 0.1) is 5.92 Å². The van der Waals surface area contributed by atoms with Crippen LogP contribution in [0.4, 0.5) is 4.79 Å². The van der Waals surface area contributed by atoms with Crippen LogP contribution in [-0.4, -0.2) is 40.9 Å². The second-order valence-corrected chi connectivity index (χ2v) is 6.67. The second-order valence-electron chi connectivity index (χ2n) is 6.67. The van der Waals surface area contributed by atoms with Crippen molar-refractivity contribution in [3.63, 3.8) is 0 Å². The molecule has 4 heteroatoms. The van der Waals surface area contributed by atoms with E-state index >= 15 is 0 Å². The zero-order valence-electron chi connectivity index (χ0n) is 12.2. The summed E-state index contributed by atoms with van der Waals surface area (Å²) >= 11 is 0. The van der Waals surface area contributed by atoms with Crippen LogP contribution in [0.15, 0.2) is 11.6 Å². The van der Waals surface area contributed by atoms with Crippen LogP contribution < -0.4 is 0 Å². The Morgan fingerprint density at radius 2 is 2.21 bits per heavy atom. The van der Waals surface area contributed by atoms with Crippen molar-refractivity contribution >= 4 is 6.09 Å². The number of hydrogen-bond acceptors (Lipinski definition) is 3. The SMILES string of the molecule is CC(C)(C)OC(=O)N1C[C@@H](CC2=CCCC2)[C@H](O)C1. The molecule has 0 aromatic carbocycles. The Kier molecular flexibility index (Phi) is 4.19. The molecular weight excluding hydrogens is 242 g/mol. The Morgan fingerprint density at radius 3 is 2.79 bits per heavy atom. The van der Waals surface area contributed by atoms with Crippen LogP contribution in [0.2, 0.25) is 0 Å². The quantitative estimate of drug-likeness (QED) is 0.783. The van der Waals surface area contributed by atoms with Gasteiger partial charge in [0.25, 0.3) is 0 Å². The molecule has 0 saturated carbocycles. The van der Waals surface area contributed by atoms with E-state index < -0.39 is 11.7 Å². The summed E-state index contributed by atoms with van der Waals surface area (Å²) in [5.74, 6) is 0.164. The first-order valence-electron chi connectivity index (χ1n) is 7.19. The number of rotatable bonds is 2. The van der Waals surface area contributed by atoms with Crippen molar-refractivity contribution in [3.8, 4) is 0 Å². The van der Waals surface area contributed by atoms with Gasteiger partial charge in [0.05, 0.1) is 12.6 Å². The lowest BCUT2D eigenvalue weighted by atomic mass is 9.96. The van der Waals surface area contributed by atoms with Crippen molar-refractivity contribution in [2.45, 2.75) is 58.2 Å². The Morgan fingerprint density at radius 1 is 1.47 bits per heavy atom. The fourth-order valence-corrected chi connectivity index (χ4v) is 2.79. The second kappa shape index (κ2) is 5.53. The fourth-order valence-electron chi connectivity index (χ4n) is 2.79. The number of likely N-dealkylation sites (tertiary alicyclic amines) is 1. The maximum atomic E-state index is 12.0. The van der Waals surface area contributed by atoms with E-state index in [0.29, 0.717) is 13.1 Å². The lowest BCUT2D eigenvalue weighted by Crippen LogP contribution is -2.35. The third-order valence-corrected chi connectivity index (χ3v) is 3.72. The summed E-state index contributed by atoms with van der Waals surface area (Å²) < 4.78 is 5.35. The summed E-state index contributed by atoms with van der Waals surface area (Å²) in [7, 11) is 0. The predicted molar refractivity (Wildman–Crippen MR) is 73.9 cm³/mol. The molecule has 1 heterocycles. The largest absolute Gasteiger partial charge is 0.444 e. The van der Waals surface area contributed by atoms with Crippen molar-refractivity contribution < 1.29 is 14.6 Å². The number of aliphatic hydroxyl groups excluding tert-OH is 1. The minimum absolute atomic E-state index is 0.164. The number of amides is 1. The lowest BCUT2D eigenvalue weighted by molar-refractivity contribution is 0.0269. The van der Waals surface area contributed by atoms with Crippen molar-refractivity contribution in [2.24, 2.45) is 5.92 Å². The summed E-state index contributed by atoms with van der Waals surface area (Å²) in [6.07, 6.45) is 6.00. The van der Waals surface area contributed by atoms with E-state index in [9.17, 15) is 9.90 Å². The van der Waals surface area contributed by atoms with Gasteiger partial charge in [0.2, 0.25) is 0 Å². The third kappa shape index (κ3) is 3.96. The lowest BCUT2D eigenvalue weighted by Gasteiger charge is -2.24. The van der Waals surface area contributed by atoms with Crippen LogP contribution >= 0.6 is 0 Å². The number of allylic oxidation sites excluding steroid dienone is 2. The summed E-state index contributed by atoms with van der Waals surface area (Å²) in [5, 5.41) is 10.1. The highest BCUT2D eigenvalue weighted by molar-refractivity contribution is 5.68. The standard InChI is InChI=1S/C15H25NO3/c1-15(2,3)19-14(18)16-9-12(13(17)10-16)8-11-6-4-5-7-11/h6,12-13,17H,4-5,7-10H2,1-3H3/t12-,13-/m1/s1. The molecule has 1 aliphatic carbocycles. The van der Waals surface area contributed by atoms with Crippen molar-refractivity contribution in [3.05, 3.63) is 11.6 Å². The van der Waals surface area contributed by atoms with E-state index in [-0.39, 0.29) is 12.0 Å². The molecule has 0 radical (unpaired) electrons. The van der Waals surface area contributed by atoms with Crippen LogP contribution in [-0.2, 0) is 4.74 Å². The number of aliphatic hydroxyl groups is 1. The molecule has 19 heavy (non-hydrogen) atoms. The summed E-state index contributed by atoms with van der Waals surface area (Å²) in [6.45, 7) is 6.58. The molecule has 2 aliphatic rings. The highest BCUT2D eigenvalue weighted by Crippen LogP contribution is 2.30. The predicted octanol–water partition coefficient (Wildman–Crippen LogP) is 2.71. The van der Waals surface area contributed by atoms with Gasteiger partial charge in [-0.2, -0.15) is 0 Å². The van der Waals surface area contributed by atoms with Crippen LogP contribution in [0.3, 0.4) is 0 Å². The van der Waals surface area contributed by atoms with Crippen LogP contribution in [0.25, 0.3) is 0 Å². The Balaban J connectivity index is 1.87. The number of carbonyl (C=O) groups is 1. The monoisotopic (exact) mass is 267 g/mol. The van der Waals surface area contributed by atoms with Gasteiger partial charge in [-0.3, -0.25) is 0 Å². The van der Waals surface area contributed by atoms with Gasteiger partial charge in [-0.1, -0.05) is 11.6 Å². The average Bonchev–Trinajstić information content (AvgIpc) is 2.88. The van der Waals surface area contributed by atoms with E-state index in [1.54, 1.807) is 4.90 Å². The average molecular weight is 267 g/mol. The van der Waals surface area contributed by atoms with Gasteiger partial charge in [-0.05, 0) is 46.5 Å². The van der Waals surface area contributed by atoms with E-state index in [0.717, 1.165) is 19.3 Å². The Bertz CT molecular complexity index is 370. The maximum Gasteiger partial charge on any atom is 0.410 e. The first kappa shape index (κ1) is 14.4. The first-order valence-corrected chi connectivity index (χ1v) is 7.19. The van der Waals surface area contributed by atoms with Gasteiger partial charge in [-0.25, -0.2) is 4.79 Å². The molecule has 1 saturated heterocycles. The molecule has 1 amide bonds. The van der Waals surface area contributed by atoms with E-state index in [4.69, 9.17) is 4.74 Å². The molecule has 0 bridgehead atoms. The highest BCUT2D eigenvalue weighted by atomic mass is 16.6. The molecule has 1 N–H and O–H groups in total. The molecule has 0 aromatic heterocycles. The van der Waals surface area contributed by atoms with E-state index in [2.05, 4.69) is 6.08 Å². The fraction of sp³-hybridized carbons (Fsp3) is 0.800. The Labute approximate surface area is 115 Å². The third-order valence-electron chi connectivity index (χ3n) is 3.72. The highest BCUT2D eigenvalue weighted by Gasteiger charge is 2.36. The van der Waals surface area contributed by atoms with Crippen LogP contribution in [0.5, 0.6) is 0 Å². The van der Waals surface area contributed by atoms with Gasteiger partial charge in [-0.15, -0.1) is 0 Å². The molecule has 2 rings (SSSR count). The molecule has 0 aromatic rings. The number of carbonyl (C=O) groups excluding carboxylic acids is 1. The van der Waals surface area contributed by atoms with Gasteiger partial charge < -0.3 is 14.7 Å².